The maximum Gasteiger partial charge on any atom is 0.335 e. The number of carbonyl (C=O) groups is 1. The van der Waals surface area contributed by atoms with Crippen LogP contribution in [-0.4, -0.2) is 38.8 Å². The van der Waals surface area contributed by atoms with E-state index in [1.54, 1.807) is 0 Å². The van der Waals surface area contributed by atoms with Crippen molar-refractivity contribution < 1.29 is 27.8 Å². The van der Waals surface area contributed by atoms with E-state index < -0.39 is 16.0 Å². The summed E-state index contributed by atoms with van der Waals surface area (Å²) in [7, 11) is -4.07. The number of hydrogen-bond donors (Lipinski definition) is 2. The van der Waals surface area contributed by atoms with Gasteiger partial charge in [-0.2, -0.15) is 0 Å². The van der Waals surface area contributed by atoms with Gasteiger partial charge in [0.05, 0.1) is 18.3 Å². The third kappa shape index (κ3) is 4.80. The first kappa shape index (κ1) is 16.4. The Kier molecular flexibility index (Phi) is 5.49. The fraction of sp³-hybridized carbons (Fsp3) is 0.417. The van der Waals surface area contributed by atoms with Crippen LogP contribution in [0.5, 0.6) is 5.75 Å². The first-order valence-corrected chi connectivity index (χ1v) is 7.41. The second-order valence-corrected chi connectivity index (χ2v) is 5.81. The summed E-state index contributed by atoms with van der Waals surface area (Å²) in [6.45, 7) is 4.13. The number of aromatic carboxylic acids is 1. The fourth-order valence-electron chi connectivity index (χ4n) is 1.42. The molecule has 0 heterocycles. The highest BCUT2D eigenvalue weighted by atomic mass is 32.2. The lowest BCUT2D eigenvalue weighted by Crippen LogP contribution is -2.17. The summed E-state index contributed by atoms with van der Waals surface area (Å²) in [5.41, 5.74) is -0.181. The van der Waals surface area contributed by atoms with Gasteiger partial charge in [0.15, 0.2) is 0 Å². The lowest BCUT2D eigenvalue weighted by molar-refractivity contribution is 0.0545. The zero-order chi connectivity index (χ0) is 15.3. The van der Waals surface area contributed by atoms with Crippen LogP contribution in [0.3, 0.4) is 0 Å². The average Bonchev–Trinajstić information content (AvgIpc) is 2.33. The van der Waals surface area contributed by atoms with Crippen LogP contribution in [-0.2, 0) is 14.8 Å². The van der Waals surface area contributed by atoms with Crippen molar-refractivity contribution in [1.82, 2.24) is 0 Å². The normalized spacial score (nSPS) is 11.6. The quantitative estimate of drug-likeness (QED) is 0.721. The molecule has 0 unspecified atom stereocenters. The van der Waals surface area contributed by atoms with Crippen molar-refractivity contribution in [3.8, 4) is 5.75 Å². The first-order chi connectivity index (χ1) is 9.21. The molecule has 0 bridgehead atoms. The van der Waals surface area contributed by atoms with Gasteiger partial charge in [-0.1, -0.05) is 0 Å². The Morgan fingerprint density at radius 3 is 2.50 bits per heavy atom. The highest BCUT2D eigenvalue weighted by Crippen LogP contribution is 2.24. The summed E-state index contributed by atoms with van der Waals surface area (Å²) >= 11 is 0. The molecule has 0 atom stereocenters. The van der Waals surface area contributed by atoms with Gasteiger partial charge in [-0.3, -0.25) is 0 Å². The van der Waals surface area contributed by atoms with Crippen LogP contribution in [0.2, 0.25) is 0 Å². The zero-order valence-corrected chi connectivity index (χ0v) is 12.0. The van der Waals surface area contributed by atoms with E-state index in [2.05, 4.69) is 0 Å². The molecule has 0 aliphatic heterocycles. The van der Waals surface area contributed by atoms with Crippen molar-refractivity contribution in [3.63, 3.8) is 0 Å². The predicted molar refractivity (Wildman–Crippen MR) is 71.4 cm³/mol. The van der Waals surface area contributed by atoms with Crippen molar-refractivity contribution in [3.05, 3.63) is 23.8 Å². The van der Waals surface area contributed by atoms with Gasteiger partial charge in [-0.05, 0) is 32.0 Å². The van der Waals surface area contributed by atoms with Crippen LogP contribution < -0.4 is 9.88 Å². The third-order valence-electron chi connectivity index (χ3n) is 2.29. The van der Waals surface area contributed by atoms with Gasteiger partial charge in [-0.15, -0.1) is 0 Å². The molecule has 0 fully saturated rings. The number of carboxylic acid groups (broad SMARTS) is 1. The second kappa shape index (κ2) is 6.69. The minimum Gasteiger partial charge on any atom is -0.490 e. The van der Waals surface area contributed by atoms with E-state index in [9.17, 15) is 13.2 Å². The molecule has 0 aromatic heterocycles. The summed E-state index contributed by atoms with van der Waals surface area (Å²) in [5.74, 6) is -1.24. The number of sulfonamides is 1. The molecule has 20 heavy (non-hydrogen) atoms. The largest absolute Gasteiger partial charge is 0.490 e. The summed E-state index contributed by atoms with van der Waals surface area (Å²) in [6.07, 6.45) is 0.0331. The monoisotopic (exact) mass is 303 g/mol. The molecule has 3 N–H and O–H groups in total. The maximum absolute atomic E-state index is 11.4. The van der Waals surface area contributed by atoms with E-state index in [4.69, 9.17) is 19.7 Å². The molecule has 0 aliphatic rings. The van der Waals surface area contributed by atoms with Gasteiger partial charge in [0.25, 0.3) is 0 Å². The summed E-state index contributed by atoms with van der Waals surface area (Å²) < 4.78 is 33.4. The van der Waals surface area contributed by atoms with E-state index >= 15 is 0 Å². The number of rotatable bonds is 7. The van der Waals surface area contributed by atoms with Crippen LogP contribution in [0, 0.1) is 0 Å². The first-order valence-electron chi connectivity index (χ1n) is 5.86. The average molecular weight is 303 g/mol. The molecular formula is C12H17NO6S. The number of primary sulfonamides is 1. The van der Waals surface area contributed by atoms with Crippen LogP contribution in [0.15, 0.2) is 23.1 Å². The number of benzene rings is 1. The molecule has 1 aromatic rings. The van der Waals surface area contributed by atoms with Gasteiger partial charge in [0, 0.05) is 0 Å². The Morgan fingerprint density at radius 1 is 1.35 bits per heavy atom. The molecule has 0 saturated heterocycles. The summed E-state index contributed by atoms with van der Waals surface area (Å²) in [6, 6.07) is 3.48. The lowest BCUT2D eigenvalue weighted by atomic mass is 10.2. The maximum atomic E-state index is 11.4. The third-order valence-corrected chi connectivity index (χ3v) is 3.22. The Hall–Kier alpha value is -1.64. The van der Waals surface area contributed by atoms with Crippen molar-refractivity contribution >= 4 is 16.0 Å². The van der Waals surface area contributed by atoms with Gasteiger partial charge < -0.3 is 14.6 Å². The van der Waals surface area contributed by atoms with E-state index in [1.165, 1.54) is 12.1 Å². The Bertz CT molecular complexity index is 582. The topological polar surface area (TPSA) is 116 Å². The van der Waals surface area contributed by atoms with Crippen molar-refractivity contribution in [2.45, 2.75) is 24.8 Å². The molecule has 0 aliphatic carbocycles. The smallest absolute Gasteiger partial charge is 0.335 e. The van der Waals surface area contributed by atoms with Crippen LogP contribution in [0.25, 0.3) is 0 Å². The standard InChI is InChI=1S/C12H17NO6S/c1-8(2)18-5-6-19-10-4-3-9(12(14)15)7-11(10)20(13,16)17/h3-4,7-8H,5-6H2,1-2H3,(H,14,15)(H2,13,16,17). The van der Waals surface area contributed by atoms with E-state index in [0.717, 1.165) is 6.07 Å². The van der Waals surface area contributed by atoms with Crippen molar-refractivity contribution in [2.75, 3.05) is 13.2 Å². The molecule has 0 saturated carbocycles. The lowest BCUT2D eigenvalue weighted by Gasteiger charge is -2.12. The minimum atomic E-state index is -4.07. The predicted octanol–water partition coefficient (Wildman–Crippen LogP) is 0.836. The molecule has 0 amide bonds. The molecule has 0 radical (unpaired) electrons. The molecule has 1 aromatic carbocycles. The SMILES string of the molecule is CC(C)OCCOc1ccc(C(=O)O)cc1S(N)(=O)=O. The molecule has 112 valence electrons. The summed E-state index contributed by atoms with van der Waals surface area (Å²) in [4.78, 5) is 10.5. The Morgan fingerprint density at radius 2 is 2.00 bits per heavy atom. The van der Waals surface area contributed by atoms with Gasteiger partial charge in [0.2, 0.25) is 10.0 Å². The number of nitrogens with two attached hydrogens (primary N) is 1. The van der Waals surface area contributed by atoms with Crippen LogP contribution in [0.4, 0.5) is 0 Å². The molecular weight excluding hydrogens is 286 g/mol. The van der Waals surface area contributed by atoms with Gasteiger partial charge in [-0.25, -0.2) is 18.4 Å². The fourth-order valence-corrected chi connectivity index (χ4v) is 2.12. The van der Waals surface area contributed by atoms with Crippen molar-refractivity contribution in [1.29, 1.82) is 0 Å². The van der Waals surface area contributed by atoms with Crippen molar-refractivity contribution in [2.24, 2.45) is 5.14 Å². The minimum absolute atomic E-state index is 0.00450. The van der Waals surface area contributed by atoms with Gasteiger partial charge >= 0.3 is 5.97 Å². The van der Waals surface area contributed by atoms with Crippen LogP contribution >= 0.6 is 0 Å². The Labute approximate surface area is 117 Å². The summed E-state index contributed by atoms with van der Waals surface area (Å²) in [5, 5.41) is 13.9. The molecule has 7 nitrogen and oxygen atoms in total. The zero-order valence-electron chi connectivity index (χ0n) is 11.2. The van der Waals surface area contributed by atoms with E-state index in [0.29, 0.717) is 0 Å². The second-order valence-electron chi connectivity index (χ2n) is 4.28. The highest BCUT2D eigenvalue weighted by Gasteiger charge is 2.18. The van der Waals surface area contributed by atoms with Gasteiger partial charge in [0.1, 0.15) is 17.3 Å². The van der Waals surface area contributed by atoms with E-state index in [-0.39, 0.29) is 35.5 Å². The molecule has 8 heteroatoms. The highest BCUT2D eigenvalue weighted by molar-refractivity contribution is 7.89. The number of hydrogen-bond acceptors (Lipinski definition) is 5. The Balaban J connectivity index is 2.93. The number of carboxylic acids is 1. The number of ether oxygens (including phenoxy) is 2. The van der Waals surface area contributed by atoms with Crippen LogP contribution in [0.1, 0.15) is 24.2 Å². The molecule has 1 rings (SSSR count). The molecule has 0 spiro atoms. The van der Waals surface area contributed by atoms with E-state index in [1.807, 2.05) is 13.8 Å².